The summed E-state index contributed by atoms with van der Waals surface area (Å²) in [6, 6.07) is 2.30. The first kappa shape index (κ1) is 24.6. The second kappa shape index (κ2) is 11.1. The van der Waals surface area contributed by atoms with E-state index >= 15 is 0 Å². The van der Waals surface area contributed by atoms with Crippen molar-refractivity contribution in [3.05, 3.63) is 38.8 Å². The SMILES string of the molecule is CCNC(=NCC(=O)N1CCc2sccc2C1)NC(C)Cc1c(C)nn(C)c1C.I. The number of fused-ring (bicyclic) bond motifs is 1. The number of aliphatic imine (C=N–C) groups is 1. The Bertz CT molecular complexity index is 890. The number of halogens is 1. The lowest BCUT2D eigenvalue weighted by Gasteiger charge is -2.26. The maximum atomic E-state index is 12.7. The van der Waals surface area contributed by atoms with Crippen molar-refractivity contribution in [1.29, 1.82) is 0 Å². The zero-order chi connectivity index (χ0) is 21.0. The molecule has 2 N–H and O–H groups in total. The van der Waals surface area contributed by atoms with Gasteiger partial charge in [-0.2, -0.15) is 5.10 Å². The van der Waals surface area contributed by atoms with E-state index in [0.717, 1.165) is 31.6 Å². The van der Waals surface area contributed by atoms with Gasteiger partial charge in [0.25, 0.3) is 0 Å². The minimum atomic E-state index is 0. The molecule has 1 aliphatic heterocycles. The molecule has 7 nitrogen and oxygen atoms in total. The smallest absolute Gasteiger partial charge is 0.244 e. The van der Waals surface area contributed by atoms with Crippen molar-refractivity contribution in [2.75, 3.05) is 19.6 Å². The average molecular weight is 545 g/mol. The van der Waals surface area contributed by atoms with Crippen LogP contribution in [0.4, 0.5) is 0 Å². The summed E-state index contributed by atoms with van der Waals surface area (Å²) in [6.45, 7) is 10.7. The molecule has 1 aliphatic rings. The highest BCUT2D eigenvalue weighted by molar-refractivity contribution is 14.0. The van der Waals surface area contributed by atoms with Crippen LogP contribution in [0.15, 0.2) is 16.4 Å². The molecule has 30 heavy (non-hydrogen) atoms. The summed E-state index contributed by atoms with van der Waals surface area (Å²) in [5.74, 6) is 0.756. The van der Waals surface area contributed by atoms with Gasteiger partial charge in [0.15, 0.2) is 5.96 Å². The van der Waals surface area contributed by atoms with Crippen molar-refractivity contribution in [3.8, 4) is 0 Å². The maximum Gasteiger partial charge on any atom is 0.244 e. The molecule has 0 saturated heterocycles. The van der Waals surface area contributed by atoms with E-state index in [9.17, 15) is 4.79 Å². The van der Waals surface area contributed by atoms with Gasteiger partial charge in [-0.3, -0.25) is 9.48 Å². The minimum Gasteiger partial charge on any atom is -0.357 e. The van der Waals surface area contributed by atoms with Gasteiger partial charge in [0.1, 0.15) is 6.54 Å². The van der Waals surface area contributed by atoms with E-state index in [1.807, 2.05) is 30.5 Å². The van der Waals surface area contributed by atoms with Crippen molar-refractivity contribution in [1.82, 2.24) is 25.3 Å². The molecule has 1 atom stereocenters. The van der Waals surface area contributed by atoms with Crippen LogP contribution in [0.5, 0.6) is 0 Å². The Kier molecular flexibility index (Phi) is 9.14. The Hall–Kier alpha value is -1.62. The van der Waals surface area contributed by atoms with Gasteiger partial charge in [0.05, 0.1) is 5.69 Å². The van der Waals surface area contributed by atoms with Crippen molar-refractivity contribution in [3.63, 3.8) is 0 Å². The number of nitrogens with one attached hydrogen (secondary N) is 2. The minimum absolute atomic E-state index is 0. The third-order valence-corrected chi connectivity index (χ3v) is 6.45. The summed E-state index contributed by atoms with van der Waals surface area (Å²) in [5.41, 5.74) is 4.79. The number of hydrogen-bond acceptors (Lipinski definition) is 4. The van der Waals surface area contributed by atoms with Gasteiger partial charge in [0.2, 0.25) is 5.91 Å². The average Bonchev–Trinajstić information content (AvgIpc) is 3.25. The Morgan fingerprint density at radius 2 is 2.17 bits per heavy atom. The van der Waals surface area contributed by atoms with Gasteiger partial charge in [-0.15, -0.1) is 35.3 Å². The molecule has 3 heterocycles. The molecule has 3 rings (SSSR count). The summed E-state index contributed by atoms with van der Waals surface area (Å²) >= 11 is 1.78. The number of rotatable bonds is 6. The molecule has 2 aromatic rings. The lowest BCUT2D eigenvalue weighted by molar-refractivity contribution is -0.130. The van der Waals surface area contributed by atoms with E-state index < -0.39 is 0 Å². The molecule has 0 aromatic carbocycles. The molecular formula is C21H33IN6OS. The van der Waals surface area contributed by atoms with E-state index in [-0.39, 0.29) is 42.5 Å². The molecule has 0 spiro atoms. The standard InChI is InChI=1S/C21H32N6OS.HI/c1-6-22-21(24-14(2)11-18-15(3)25-26(5)16(18)4)23-12-20(28)27-9-7-19-17(13-27)8-10-29-19;/h8,10,14H,6-7,9,11-13H2,1-5H3,(H2,22,23,24);1H. The maximum absolute atomic E-state index is 12.7. The van der Waals surface area contributed by atoms with Crippen LogP contribution in [-0.2, 0) is 31.2 Å². The van der Waals surface area contributed by atoms with E-state index in [2.05, 4.69) is 46.0 Å². The van der Waals surface area contributed by atoms with Crippen LogP contribution in [0.25, 0.3) is 0 Å². The summed E-state index contributed by atoms with van der Waals surface area (Å²) < 4.78 is 1.92. The zero-order valence-electron chi connectivity index (χ0n) is 18.5. The number of aromatic nitrogens is 2. The highest BCUT2D eigenvalue weighted by Crippen LogP contribution is 2.23. The van der Waals surface area contributed by atoms with Crippen LogP contribution in [-0.4, -0.2) is 52.2 Å². The second-order valence-electron chi connectivity index (χ2n) is 7.65. The quantitative estimate of drug-likeness (QED) is 0.333. The van der Waals surface area contributed by atoms with E-state index in [0.29, 0.717) is 12.5 Å². The Morgan fingerprint density at radius 1 is 1.40 bits per heavy atom. The molecule has 0 saturated carbocycles. The number of hydrogen-bond donors (Lipinski definition) is 2. The van der Waals surface area contributed by atoms with Crippen LogP contribution in [0.1, 0.15) is 41.2 Å². The van der Waals surface area contributed by atoms with Crippen molar-refractivity contribution in [2.24, 2.45) is 12.0 Å². The zero-order valence-corrected chi connectivity index (χ0v) is 21.6. The van der Waals surface area contributed by atoms with Crippen LogP contribution in [0.2, 0.25) is 0 Å². The fourth-order valence-corrected chi connectivity index (χ4v) is 4.62. The number of aryl methyl sites for hydroxylation is 2. The summed E-state index contributed by atoms with van der Waals surface area (Å²) in [7, 11) is 1.97. The van der Waals surface area contributed by atoms with E-state index in [1.165, 1.54) is 21.7 Å². The first-order valence-electron chi connectivity index (χ1n) is 10.3. The van der Waals surface area contributed by atoms with Gasteiger partial charge in [-0.05, 0) is 63.1 Å². The molecule has 9 heteroatoms. The number of carbonyl (C=O) groups is 1. The topological polar surface area (TPSA) is 74.6 Å². The summed E-state index contributed by atoms with van der Waals surface area (Å²) in [4.78, 5) is 20.5. The largest absolute Gasteiger partial charge is 0.357 e. The van der Waals surface area contributed by atoms with Crippen molar-refractivity contribution >= 4 is 47.2 Å². The monoisotopic (exact) mass is 544 g/mol. The van der Waals surface area contributed by atoms with Gasteiger partial charge < -0.3 is 15.5 Å². The lowest BCUT2D eigenvalue weighted by atomic mass is 10.1. The van der Waals surface area contributed by atoms with E-state index in [4.69, 9.17) is 0 Å². The number of thiophene rings is 1. The van der Waals surface area contributed by atoms with Crippen molar-refractivity contribution in [2.45, 2.75) is 53.1 Å². The predicted molar refractivity (Wildman–Crippen MR) is 134 cm³/mol. The summed E-state index contributed by atoms with van der Waals surface area (Å²) in [6.07, 6.45) is 1.80. The normalized spacial score (nSPS) is 14.7. The molecule has 1 amide bonds. The van der Waals surface area contributed by atoms with E-state index in [1.54, 1.807) is 11.3 Å². The number of amides is 1. The fourth-order valence-electron chi connectivity index (χ4n) is 3.73. The highest BCUT2D eigenvalue weighted by atomic mass is 127. The Morgan fingerprint density at radius 3 is 2.83 bits per heavy atom. The fraction of sp³-hybridized carbons (Fsp3) is 0.571. The number of guanidine groups is 1. The molecule has 0 bridgehead atoms. The Labute approximate surface area is 200 Å². The molecule has 1 unspecified atom stereocenters. The Balaban J connectivity index is 0.00000320. The molecule has 0 aliphatic carbocycles. The van der Waals surface area contributed by atoms with Gasteiger partial charge in [-0.1, -0.05) is 0 Å². The van der Waals surface area contributed by atoms with Gasteiger partial charge >= 0.3 is 0 Å². The van der Waals surface area contributed by atoms with Crippen LogP contribution in [0, 0.1) is 13.8 Å². The van der Waals surface area contributed by atoms with Crippen LogP contribution >= 0.6 is 35.3 Å². The third kappa shape index (κ3) is 5.96. The first-order valence-corrected chi connectivity index (χ1v) is 11.1. The lowest BCUT2D eigenvalue weighted by Crippen LogP contribution is -2.44. The second-order valence-corrected chi connectivity index (χ2v) is 8.65. The van der Waals surface area contributed by atoms with Gasteiger partial charge in [0, 0.05) is 43.3 Å². The van der Waals surface area contributed by atoms with Gasteiger partial charge in [-0.25, -0.2) is 4.99 Å². The molecule has 2 aromatic heterocycles. The molecule has 0 radical (unpaired) electrons. The first-order chi connectivity index (χ1) is 13.9. The molecular weight excluding hydrogens is 511 g/mol. The predicted octanol–water partition coefficient (Wildman–Crippen LogP) is 2.79. The van der Waals surface area contributed by atoms with Crippen molar-refractivity contribution < 1.29 is 4.79 Å². The van der Waals surface area contributed by atoms with Crippen LogP contribution in [0.3, 0.4) is 0 Å². The number of nitrogens with zero attached hydrogens (tertiary/aromatic N) is 4. The highest BCUT2D eigenvalue weighted by Gasteiger charge is 2.21. The number of carbonyl (C=O) groups excluding carboxylic acids is 1. The summed E-state index contributed by atoms with van der Waals surface area (Å²) in [5, 5.41) is 13.3. The molecule has 0 fully saturated rings. The molecule has 166 valence electrons. The third-order valence-electron chi connectivity index (χ3n) is 5.43. The van der Waals surface area contributed by atoms with Crippen LogP contribution < -0.4 is 10.6 Å².